The smallest absolute Gasteiger partial charge is 0.337 e. The summed E-state index contributed by atoms with van der Waals surface area (Å²) in [7, 11) is 0. The van der Waals surface area contributed by atoms with Crippen LogP contribution in [0.15, 0.2) is 12.1 Å². The molecule has 1 heterocycles. The van der Waals surface area contributed by atoms with E-state index in [1.165, 1.54) is 6.07 Å². The molecular weight excluding hydrogens is 246 g/mol. The van der Waals surface area contributed by atoms with Gasteiger partial charge in [0.25, 0.3) is 0 Å². The van der Waals surface area contributed by atoms with Gasteiger partial charge in [-0.1, -0.05) is 0 Å². The molecule has 0 aromatic carbocycles. The first-order valence-corrected chi connectivity index (χ1v) is 6.14. The van der Waals surface area contributed by atoms with Crippen LogP contribution in [0.5, 0.6) is 0 Å². The number of carboxylic acids is 1. The summed E-state index contributed by atoms with van der Waals surface area (Å²) in [6, 6.07) is 3.22. The molecule has 104 valence electrons. The molecule has 0 atom stereocenters. The quantitative estimate of drug-likeness (QED) is 0.723. The maximum absolute atomic E-state index is 11.4. The number of nitrogens with one attached hydrogen (secondary N) is 2. The lowest BCUT2D eigenvalue weighted by molar-refractivity contribution is -0.121. The highest BCUT2D eigenvalue weighted by Crippen LogP contribution is 2.10. The summed E-state index contributed by atoms with van der Waals surface area (Å²) < 4.78 is 0. The molecule has 19 heavy (non-hydrogen) atoms. The van der Waals surface area contributed by atoms with Crippen LogP contribution < -0.4 is 10.6 Å². The zero-order valence-electron chi connectivity index (χ0n) is 11.4. The first-order valence-electron chi connectivity index (χ1n) is 6.14. The predicted octanol–water partition coefficient (Wildman–Crippen LogP) is 1.41. The van der Waals surface area contributed by atoms with E-state index in [2.05, 4.69) is 15.6 Å². The number of anilines is 1. The third-order valence-electron chi connectivity index (χ3n) is 2.42. The minimum atomic E-state index is -0.993. The van der Waals surface area contributed by atoms with E-state index in [4.69, 9.17) is 5.11 Å². The predicted molar refractivity (Wildman–Crippen MR) is 72.3 cm³/mol. The van der Waals surface area contributed by atoms with Gasteiger partial charge in [-0.15, -0.1) is 0 Å². The molecule has 1 aromatic heterocycles. The fourth-order valence-electron chi connectivity index (χ4n) is 1.58. The molecule has 3 N–H and O–H groups in total. The van der Waals surface area contributed by atoms with Gasteiger partial charge in [0.05, 0.1) is 11.3 Å². The normalized spacial score (nSPS) is 10.3. The molecule has 0 aliphatic carbocycles. The van der Waals surface area contributed by atoms with E-state index in [1.54, 1.807) is 13.0 Å². The highest BCUT2D eigenvalue weighted by molar-refractivity contribution is 5.89. The first kappa shape index (κ1) is 14.9. The van der Waals surface area contributed by atoms with Crippen LogP contribution in [-0.4, -0.2) is 34.6 Å². The van der Waals surface area contributed by atoms with Crippen molar-refractivity contribution in [2.75, 3.05) is 11.9 Å². The standard InChI is InChI=1S/C13H19N3O3/c1-8(2)15-12(17)6-7-14-11-5-4-10(13(18)19)9(3)16-11/h4-5,8H,6-7H2,1-3H3,(H,14,16)(H,15,17)(H,18,19). The van der Waals surface area contributed by atoms with Crippen LogP contribution in [0.3, 0.4) is 0 Å². The highest BCUT2D eigenvalue weighted by Gasteiger charge is 2.08. The largest absolute Gasteiger partial charge is 0.478 e. The van der Waals surface area contributed by atoms with Crippen LogP contribution >= 0.6 is 0 Å². The van der Waals surface area contributed by atoms with E-state index >= 15 is 0 Å². The van der Waals surface area contributed by atoms with Crippen molar-refractivity contribution < 1.29 is 14.7 Å². The van der Waals surface area contributed by atoms with Crippen LogP contribution in [-0.2, 0) is 4.79 Å². The van der Waals surface area contributed by atoms with E-state index in [1.807, 2.05) is 13.8 Å². The lowest BCUT2D eigenvalue weighted by Crippen LogP contribution is -2.31. The van der Waals surface area contributed by atoms with Gasteiger partial charge in [-0.2, -0.15) is 0 Å². The summed E-state index contributed by atoms with van der Waals surface area (Å²) >= 11 is 0. The summed E-state index contributed by atoms with van der Waals surface area (Å²) in [4.78, 5) is 26.4. The molecule has 0 saturated carbocycles. The van der Waals surface area contributed by atoms with Gasteiger partial charge < -0.3 is 15.7 Å². The van der Waals surface area contributed by atoms with Crippen LogP contribution in [0.4, 0.5) is 5.82 Å². The molecule has 0 aliphatic heterocycles. The van der Waals surface area contributed by atoms with Crippen LogP contribution in [0.2, 0.25) is 0 Å². The molecule has 0 spiro atoms. The lowest BCUT2D eigenvalue weighted by atomic mass is 10.2. The van der Waals surface area contributed by atoms with Gasteiger partial charge in [0, 0.05) is 19.0 Å². The van der Waals surface area contributed by atoms with Crippen molar-refractivity contribution in [2.24, 2.45) is 0 Å². The second-order valence-electron chi connectivity index (χ2n) is 4.53. The Morgan fingerprint density at radius 1 is 1.37 bits per heavy atom. The molecule has 6 nitrogen and oxygen atoms in total. The molecule has 0 fully saturated rings. The van der Waals surface area contributed by atoms with Crippen LogP contribution in [0, 0.1) is 6.92 Å². The van der Waals surface area contributed by atoms with Gasteiger partial charge >= 0.3 is 5.97 Å². The van der Waals surface area contributed by atoms with E-state index in [-0.39, 0.29) is 17.5 Å². The van der Waals surface area contributed by atoms with Crippen molar-refractivity contribution >= 4 is 17.7 Å². The number of pyridine rings is 1. The summed E-state index contributed by atoms with van der Waals surface area (Å²) in [6.45, 7) is 5.90. The monoisotopic (exact) mass is 265 g/mol. The Bertz CT molecular complexity index is 472. The molecule has 0 aliphatic rings. The first-order chi connectivity index (χ1) is 8.90. The van der Waals surface area contributed by atoms with Crippen molar-refractivity contribution in [3.8, 4) is 0 Å². The number of hydrogen-bond donors (Lipinski definition) is 3. The number of aryl methyl sites for hydroxylation is 1. The zero-order valence-corrected chi connectivity index (χ0v) is 11.4. The van der Waals surface area contributed by atoms with Crippen molar-refractivity contribution in [3.05, 3.63) is 23.4 Å². The second kappa shape index (κ2) is 6.72. The summed E-state index contributed by atoms with van der Waals surface area (Å²) in [5.74, 6) is -0.450. The minimum absolute atomic E-state index is 0.0265. The Morgan fingerprint density at radius 2 is 2.05 bits per heavy atom. The lowest BCUT2D eigenvalue weighted by Gasteiger charge is -2.10. The maximum atomic E-state index is 11.4. The van der Waals surface area contributed by atoms with Gasteiger partial charge in [-0.05, 0) is 32.9 Å². The fourth-order valence-corrected chi connectivity index (χ4v) is 1.58. The van der Waals surface area contributed by atoms with E-state index < -0.39 is 5.97 Å². The average molecular weight is 265 g/mol. The Morgan fingerprint density at radius 3 is 2.58 bits per heavy atom. The van der Waals surface area contributed by atoms with Gasteiger partial charge in [0.15, 0.2) is 0 Å². The van der Waals surface area contributed by atoms with E-state index in [9.17, 15) is 9.59 Å². The number of hydrogen-bond acceptors (Lipinski definition) is 4. The average Bonchev–Trinajstić information content (AvgIpc) is 2.27. The molecule has 0 saturated heterocycles. The molecule has 1 rings (SSSR count). The molecule has 0 bridgehead atoms. The highest BCUT2D eigenvalue weighted by atomic mass is 16.4. The number of nitrogens with zero attached hydrogens (tertiary/aromatic N) is 1. The minimum Gasteiger partial charge on any atom is -0.478 e. The van der Waals surface area contributed by atoms with Gasteiger partial charge in [0.2, 0.25) is 5.91 Å². The molecular formula is C13H19N3O3. The SMILES string of the molecule is Cc1nc(NCCC(=O)NC(C)C)ccc1C(=O)O. The Labute approximate surface area is 112 Å². The molecule has 0 unspecified atom stereocenters. The van der Waals surface area contributed by atoms with E-state index in [0.717, 1.165) is 0 Å². The van der Waals surface area contributed by atoms with Crippen molar-refractivity contribution in [2.45, 2.75) is 33.2 Å². The number of rotatable bonds is 6. The third-order valence-corrected chi connectivity index (χ3v) is 2.42. The Kier molecular flexibility index (Phi) is 5.29. The van der Waals surface area contributed by atoms with Gasteiger partial charge in [-0.3, -0.25) is 4.79 Å². The van der Waals surface area contributed by atoms with Crippen molar-refractivity contribution in [3.63, 3.8) is 0 Å². The maximum Gasteiger partial charge on any atom is 0.337 e. The number of amides is 1. The van der Waals surface area contributed by atoms with E-state index in [0.29, 0.717) is 24.5 Å². The number of aromatic carboxylic acids is 1. The Hall–Kier alpha value is -2.11. The Balaban J connectivity index is 2.48. The second-order valence-corrected chi connectivity index (χ2v) is 4.53. The van der Waals surface area contributed by atoms with Crippen LogP contribution in [0.1, 0.15) is 36.3 Å². The molecule has 1 aromatic rings. The molecule has 0 radical (unpaired) electrons. The van der Waals surface area contributed by atoms with Gasteiger partial charge in [0.1, 0.15) is 5.82 Å². The van der Waals surface area contributed by atoms with Crippen LogP contribution in [0.25, 0.3) is 0 Å². The number of carbonyl (C=O) groups excluding carboxylic acids is 1. The van der Waals surface area contributed by atoms with Crippen molar-refractivity contribution in [1.82, 2.24) is 10.3 Å². The summed E-state index contributed by atoms with van der Waals surface area (Å²) in [5.41, 5.74) is 0.632. The van der Waals surface area contributed by atoms with Crippen molar-refractivity contribution in [1.29, 1.82) is 0 Å². The topological polar surface area (TPSA) is 91.3 Å². The number of carboxylic acid groups (broad SMARTS) is 1. The zero-order chi connectivity index (χ0) is 14.4. The molecule has 6 heteroatoms. The summed E-state index contributed by atoms with van der Waals surface area (Å²) in [5, 5.41) is 14.7. The fraction of sp³-hybridized carbons (Fsp3) is 0.462. The number of carbonyl (C=O) groups is 2. The molecule has 1 amide bonds. The van der Waals surface area contributed by atoms with Gasteiger partial charge in [-0.25, -0.2) is 9.78 Å². The number of aromatic nitrogens is 1. The third kappa shape index (κ3) is 4.95. The summed E-state index contributed by atoms with van der Waals surface area (Å²) in [6.07, 6.45) is 0.347.